The van der Waals surface area contributed by atoms with Crippen molar-refractivity contribution < 1.29 is 49.8 Å². The maximum Gasteiger partial charge on any atom is 0.335 e. The third-order valence-corrected chi connectivity index (χ3v) is 6.70. The minimum absolute atomic E-state index is 0.905. The van der Waals surface area contributed by atoms with Gasteiger partial charge < -0.3 is 30.6 Å². The van der Waals surface area contributed by atoms with E-state index in [2.05, 4.69) is 0 Å². The average Bonchev–Trinajstić information content (AvgIpc) is 2.72. The fourth-order valence-corrected chi connectivity index (χ4v) is 4.71. The lowest BCUT2D eigenvalue weighted by Gasteiger charge is -2.48. The minimum atomic E-state index is -2.51. The van der Waals surface area contributed by atoms with Crippen molar-refractivity contribution in [3.05, 3.63) is 22.7 Å². The molecule has 0 saturated heterocycles. The van der Waals surface area contributed by atoms with E-state index in [0.29, 0.717) is 0 Å². The maximum absolute atomic E-state index is 12.0. The molecule has 6 N–H and O–H groups in total. The molecule has 0 aromatic rings. The van der Waals surface area contributed by atoms with Gasteiger partial charge in [-0.3, -0.25) is 9.59 Å². The molecule has 0 spiro atoms. The van der Waals surface area contributed by atoms with E-state index in [9.17, 15) is 49.8 Å². The molecule has 0 aliphatic heterocycles. The molecular weight excluding hydrogens is 352 g/mol. The number of carbonyl (C=O) groups is 4. The van der Waals surface area contributed by atoms with Crippen LogP contribution in [0.2, 0.25) is 0 Å². The largest absolute Gasteiger partial charge is 0.510 e. The van der Waals surface area contributed by atoms with Crippen LogP contribution in [0, 0.1) is 21.7 Å². The number of aliphatic hydroxyl groups excluding tert-OH is 2. The summed E-state index contributed by atoms with van der Waals surface area (Å²) in [6.07, 6.45) is 0. The van der Waals surface area contributed by atoms with Crippen molar-refractivity contribution in [2.24, 2.45) is 21.7 Å². The first-order valence-corrected chi connectivity index (χ1v) is 7.41. The van der Waals surface area contributed by atoms with Crippen LogP contribution in [0.1, 0.15) is 27.7 Å². The van der Waals surface area contributed by atoms with Gasteiger partial charge in [0.1, 0.15) is 22.3 Å². The standard InChI is InChI=1S/C16H18O10/c1-13(11(23)24)7(17)5(9(19)20)16(4)14(2,12(25)26)8(18)6(10(21)22)15(13,16)3/h17-18H,1-4H3,(H,19,20)(H,21,22)(H,23,24)(H,25,26). The number of fused-ring (bicyclic) bond motifs is 1. The van der Waals surface area contributed by atoms with Crippen LogP contribution in [0.25, 0.3) is 0 Å². The molecule has 0 amide bonds. The highest BCUT2D eigenvalue weighted by molar-refractivity contribution is 6.03. The lowest BCUT2D eigenvalue weighted by atomic mass is 9.50. The van der Waals surface area contributed by atoms with Gasteiger partial charge in [-0.25, -0.2) is 9.59 Å². The first kappa shape index (κ1) is 19.3. The summed E-state index contributed by atoms with van der Waals surface area (Å²) in [7, 11) is 0. The van der Waals surface area contributed by atoms with Gasteiger partial charge in [0.05, 0.1) is 11.1 Å². The van der Waals surface area contributed by atoms with Gasteiger partial charge >= 0.3 is 23.9 Å². The predicted molar refractivity (Wildman–Crippen MR) is 82.3 cm³/mol. The fraction of sp³-hybridized carbons (Fsp3) is 0.500. The third-order valence-electron chi connectivity index (χ3n) is 6.70. The Morgan fingerprint density at radius 2 is 0.846 bits per heavy atom. The van der Waals surface area contributed by atoms with Crippen LogP contribution in [0.4, 0.5) is 0 Å². The summed E-state index contributed by atoms with van der Waals surface area (Å²) in [6.45, 7) is 3.87. The molecule has 10 nitrogen and oxygen atoms in total. The molecule has 2 rings (SSSR count). The molecule has 0 saturated carbocycles. The second-order valence-electron chi connectivity index (χ2n) is 7.17. The zero-order chi connectivity index (χ0) is 20.6. The Morgan fingerprint density at radius 1 is 0.615 bits per heavy atom. The molecule has 0 bridgehead atoms. The second-order valence-corrected chi connectivity index (χ2v) is 7.17. The number of rotatable bonds is 4. The molecule has 2 aliphatic rings. The summed E-state index contributed by atoms with van der Waals surface area (Å²) in [5.41, 5.74) is -11.5. The molecular formula is C16H18O10. The molecule has 2 aliphatic carbocycles. The first-order chi connectivity index (χ1) is 11.6. The molecule has 0 radical (unpaired) electrons. The minimum Gasteiger partial charge on any atom is -0.510 e. The van der Waals surface area contributed by atoms with Crippen LogP contribution in [0.15, 0.2) is 22.7 Å². The van der Waals surface area contributed by atoms with Crippen molar-refractivity contribution in [2.75, 3.05) is 0 Å². The number of carboxylic acids is 4. The van der Waals surface area contributed by atoms with E-state index in [1.165, 1.54) is 0 Å². The third kappa shape index (κ3) is 1.45. The molecule has 10 heteroatoms. The Labute approximate surface area is 146 Å². The highest BCUT2D eigenvalue weighted by Gasteiger charge is 2.83. The van der Waals surface area contributed by atoms with E-state index < -0.39 is 68.2 Å². The van der Waals surface area contributed by atoms with E-state index in [0.717, 1.165) is 27.7 Å². The van der Waals surface area contributed by atoms with Crippen molar-refractivity contribution in [1.29, 1.82) is 0 Å². The molecule has 142 valence electrons. The normalized spacial score (nSPS) is 39.1. The zero-order valence-corrected chi connectivity index (χ0v) is 14.3. The van der Waals surface area contributed by atoms with Gasteiger partial charge in [-0.2, -0.15) is 0 Å². The van der Waals surface area contributed by atoms with E-state index >= 15 is 0 Å². The van der Waals surface area contributed by atoms with Gasteiger partial charge in [-0.15, -0.1) is 0 Å². The van der Waals surface area contributed by atoms with Crippen molar-refractivity contribution in [2.45, 2.75) is 27.7 Å². The Morgan fingerprint density at radius 3 is 1.00 bits per heavy atom. The number of hydrogen-bond acceptors (Lipinski definition) is 6. The molecule has 4 unspecified atom stereocenters. The van der Waals surface area contributed by atoms with Gasteiger partial charge in [0.15, 0.2) is 0 Å². The summed E-state index contributed by atoms with van der Waals surface area (Å²) >= 11 is 0. The lowest BCUT2D eigenvalue weighted by Crippen LogP contribution is -2.55. The van der Waals surface area contributed by atoms with E-state index in [-0.39, 0.29) is 0 Å². The van der Waals surface area contributed by atoms with Crippen LogP contribution in [0.5, 0.6) is 0 Å². The Balaban J connectivity index is 3.20. The topological polar surface area (TPSA) is 190 Å². The monoisotopic (exact) mass is 370 g/mol. The van der Waals surface area contributed by atoms with Crippen LogP contribution in [-0.2, 0) is 19.2 Å². The number of aliphatic hydroxyl groups is 2. The zero-order valence-electron chi connectivity index (χ0n) is 14.3. The summed E-state index contributed by atoms with van der Waals surface area (Å²) < 4.78 is 0. The predicted octanol–water partition coefficient (Wildman–Crippen LogP) is 1.00. The number of aliphatic carboxylic acids is 4. The summed E-state index contributed by atoms with van der Waals surface area (Å²) in [4.78, 5) is 47.7. The van der Waals surface area contributed by atoms with Gasteiger partial charge in [-0.1, -0.05) is 13.8 Å². The van der Waals surface area contributed by atoms with E-state index in [4.69, 9.17) is 0 Å². The Bertz CT molecular complexity index is 781. The highest BCUT2D eigenvalue weighted by Crippen LogP contribution is 2.78. The highest BCUT2D eigenvalue weighted by atomic mass is 16.4. The van der Waals surface area contributed by atoms with Crippen molar-refractivity contribution >= 4 is 23.9 Å². The molecule has 4 atom stereocenters. The summed E-state index contributed by atoms with van der Waals surface area (Å²) in [5.74, 6) is -9.45. The Hall–Kier alpha value is -3.04. The number of hydrogen-bond donors (Lipinski definition) is 6. The van der Waals surface area contributed by atoms with Crippen LogP contribution in [-0.4, -0.2) is 54.5 Å². The van der Waals surface area contributed by atoms with Crippen molar-refractivity contribution in [1.82, 2.24) is 0 Å². The van der Waals surface area contributed by atoms with Crippen LogP contribution < -0.4 is 0 Å². The maximum atomic E-state index is 12.0. The van der Waals surface area contributed by atoms with Crippen molar-refractivity contribution in [3.63, 3.8) is 0 Å². The summed E-state index contributed by atoms with van der Waals surface area (Å²) in [6, 6.07) is 0. The average molecular weight is 370 g/mol. The quantitative estimate of drug-likeness (QED) is 0.416. The summed E-state index contributed by atoms with van der Waals surface area (Å²) in [5, 5.41) is 59.7. The smallest absolute Gasteiger partial charge is 0.335 e. The van der Waals surface area contributed by atoms with Gasteiger partial charge in [0.25, 0.3) is 0 Å². The van der Waals surface area contributed by atoms with E-state index in [1.54, 1.807) is 0 Å². The molecule has 0 fully saturated rings. The Kier molecular flexibility index (Phi) is 3.54. The van der Waals surface area contributed by atoms with E-state index in [1.807, 2.05) is 0 Å². The fourth-order valence-electron chi connectivity index (χ4n) is 4.71. The van der Waals surface area contributed by atoms with Crippen LogP contribution in [0.3, 0.4) is 0 Å². The van der Waals surface area contributed by atoms with Crippen LogP contribution >= 0.6 is 0 Å². The lowest BCUT2D eigenvalue weighted by molar-refractivity contribution is -0.166. The first-order valence-electron chi connectivity index (χ1n) is 7.41. The molecule has 0 aromatic carbocycles. The van der Waals surface area contributed by atoms with Gasteiger partial charge in [-0.05, 0) is 13.8 Å². The second kappa shape index (κ2) is 4.77. The van der Waals surface area contributed by atoms with Gasteiger partial charge in [0.2, 0.25) is 0 Å². The molecule has 0 aromatic heterocycles. The SMILES string of the molecule is CC1(C(=O)O)C(O)=C(C(=O)O)C2(C)C(C)(C(=O)O)C(O)=C(C(=O)O)C12C. The van der Waals surface area contributed by atoms with Crippen molar-refractivity contribution in [3.8, 4) is 0 Å². The van der Waals surface area contributed by atoms with Gasteiger partial charge in [0, 0.05) is 10.8 Å². The molecule has 26 heavy (non-hydrogen) atoms. The number of carboxylic acid groups (broad SMARTS) is 4. The molecule has 0 heterocycles.